The van der Waals surface area contributed by atoms with E-state index in [0.29, 0.717) is 12.5 Å². The van der Waals surface area contributed by atoms with Crippen LogP contribution in [0.15, 0.2) is 60.7 Å². The van der Waals surface area contributed by atoms with E-state index < -0.39 is 0 Å². The summed E-state index contributed by atoms with van der Waals surface area (Å²) in [6.07, 6.45) is 0. The van der Waals surface area contributed by atoms with Gasteiger partial charge in [-0.1, -0.05) is 55.5 Å². The Morgan fingerprint density at radius 3 is 2.06 bits per heavy atom. The smallest absolute Gasteiger partial charge is 0.119 e. The van der Waals surface area contributed by atoms with E-state index >= 15 is 0 Å². The van der Waals surface area contributed by atoms with Crippen molar-refractivity contribution < 1.29 is 4.74 Å². The molecule has 0 aliphatic heterocycles. The van der Waals surface area contributed by atoms with Crippen molar-refractivity contribution in [2.24, 2.45) is 0 Å². The van der Waals surface area contributed by atoms with Gasteiger partial charge in [-0.3, -0.25) is 0 Å². The molecule has 0 aliphatic carbocycles. The van der Waals surface area contributed by atoms with Gasteiger partial charge >= 0.3 is 0 Å². The summed E-state index contributed by atoms with van der Waals surface area (Å²) in [6.45, 7) is 2.90. The molecule has 0 bridgehead atoms. The third kappa shape index (κ3) is 2.86. The molecule has 16 heavy (non-hydrogen) atoms. The summed E-state index contributed by atoms with van der Waals surface area (Å²) in [5, 5.41) is 0. The maximum absolute atomic E-state index is 5.72. The number of benzene rings is 2. The van der Waals surface area contributed by atoms with Gasteiger partial charge in [-0.2, -0.15) is 0 Å². The van der Waals surface area contributed by atoms with Crippen LogP contribution in [0.25, 0.3) is 0 Å². The fourth-order valence-electron chi connectivity index (χ4n) is 1.62. The molecule has 0 saturated heterocycles. The van der Waals surface area contributed by atoms with Gasteiger partial charge in [0.25, 0.3) is 0 Å². The van der Waals surface area contributed by atoms with Crippen molar-refractivity contribution in [3.63, 3.8) is 0 Å². The van der Waals surface area contributed by atoms with E-state index in [1.807, 2.05) is 36.4 Å². The summed E-state index contributed by atoms with van der Waals surface area (Å²) >= 11 is 0. The zero-order valence-electron chi connectivity index (χ0n) is 9.47. The Morgan fingerprint density at radius 1 is 0.875 bits per heavy atom. The first kappa shape index (κ1) is 10.7. The summed E-state index contributed by atoms with van der Waals surface area (Å²) < 4.78 is 5.72. The van der Waals surface area contributed by atoms with Gasteiger partial charge in [0.2, 0.25) is 0 Å². The summed E-state index contributed by atoms with van der Waals surface area (Å²) in [5.41, 5.74) is 1.32. The van der Waals surface area contributed by atoms with Gasteiger partial charge < -0.3 is 4.74 Å². The summed E-state index contributed by atoms with van der Waals surface area (Å²) in [5.74, 6) is 1.35. The average Bonchev–Trinajstić information content (AvgIpc) is 2.38. The van der Waals surface area contributed by atoms with E-state index in [-0.39, 0.29) is 0 Å². The quantitative estimate of drug-likeness (QED) is 0.747. The largest absolute Gasteiger partial charge is 0.493 e. The summed E-state index contributed by atoms with van der Waals surface area (Å²) in [4.78, 5) is 0. The second-order valence-corrected chi connectivity index (χ2v) is 3.94. The molecule has 2 rings (SSSR count). The Bertz CT molecular complexity index is 408. The number of rotatable bonds is 4. The molecule has 0 aliphatic rings. The highest BCUT2D eigenvalue weighted by Crippen LogP contribution is 2.17. The highest BCUT2D eigenvalue weighted by molar-refractivity contribution is 5.22. The van der Waals surface area contributed by atoms with Crippen molar-refractivity contribution >= 4 is 0 Å². The number of para-hydroxylation sites is 1. The summed E-state index contributed by atoms with van der Waals surface area (Å²) in [6, 6.07) is 20.4. The van der Waals surface area contributed by atoms with Crippen LogP contribution in [0, 0.1) is 0 Å². The van der Waals surface area contributed by atoms with Crippen molar-refractivity contribution in [3.8, 4) is 5.75 Å². The molecule has 0 fully saturated rings. The monoisotopic (exact) mass is 212 g/mol. The van der Waals surface area contributed by atoms with Crippen molar-refractivity contribution in [3.05, 3.63) is 66.2 Å². The van der Waals surface area contributed by atoms with Crippen molar-refractivity contribution in [1.29, 1.82) is 0 Å². The van der Waals surface area contributed by atoms with Crippen LogP contribution in [0.4, 0.5) is 0 Å². The van der Waals surface area contributed by atoms with E-state index in [1.165, 1.54) is 5.56 Å². The van der Waals surface area contributed by atoms with Gasteiger partial charge in [-0.15, -0.1) is 0 Å². The third-order valence-corrected chi connectivity index (χ3v) is 2.61. The third-order valence-electron chi connectivity index (χ3n) is 2.61. The Morgan fingerprint density at radius 2 is 1.44 bits per heavy atom. The molecule has 2 aromatic carbocycles. The molecule has 0 spiro atoms. The maximum atomic E-state index is 5.72. The molecule has 0 heterocycles. The average molecular weight is 212 g/mol. The molecule has 1 heteroatoms. The van der Waals surface area contributed by atoms with E-state index in [1.54, 1.807) is 0 Å². The first-order valence-electron chi connectivity index (χ1n) is 5.59. The van der Waals surface area contributed by atoms with Crippen LogP contribution in [0.2, 0.25) is 0 Å². The zero-order valence-corrected chi connectivity index (χ0v) is 9.47. The lowest BCUT2D eigenvalue weighted by Crippen LogP contribution is -2.06. The molecular weight excluding hydrogens is 196 g/mol. The van der Waals surface area contributed by atoms with Crippen LogP contribution in [0.1, 0.15) is 18.4 Å². The van der Waals surface area contributed by atoms with E-state index in [9.17, 15) is 0 Å². The first-order chi connectivity index (χ1) is 7.86. The minimum Gasteiger partial charge on any atom is -0.493 e. The van der Waals surface area contributed by atoms with E-state index in [2.05, 4.69) is 31.2 Å². The SMILES string of the molecule is CC(COc1ccccc1)c1ccccc1. The molecule has 0 amide bonds. The molecule has 1 unspecified atom stereocenters. The Labute approximate surface area is 96.7 Å². The molecule has 0 saturated carbocycles. The second-order valence-electron chi connectivity index (χ2n) is 3.94. The van der Waals surface area contributed by atoms with Gasteiger partial charge in [0.05, 0.1) is 6.61 Å². The van der Waals surface area contributed by atoms with Crippen LogP contribution < -0.4 is 4.74 Å². The number of hydrogen-bond acceptors (Lipinski definition) is 1. The van der Waals surface area contributed by atoms with Crippen LogP contribution in [-0.2, 0) is 0 Å². The second kappa shape index (κ2) is 5.36. The molecule has 1 atom stereocenters. The lowest BCUT2D eigenvalue weighted by Gasteiger charge is -2.13. The molecule has 0 N–H and O–H groups in total. The normalized spacial score (nSPS) is 12.1. The summed E-state index contributed by atoms with van der Waals surface area (Å²) in [7, 11) is 0. The standard InChI is InChI=1S/C15H16O/c1-13(14-8-4-2-5-9-14)12-16-15-10-6-3-7-11-15/h2-11,13H,12H2,1H3. The van der Waals surface area contributed by atoms with Gasteiger partial charge in [0, 0.05) is 5.92 Å². The van der Waals surface area contributed by atoms with Crippen LogP contribution >= 0.6 is 0 Å². The van der Waals surface area contributed by atoms with E-state index in [4.69, 9.17) is 4.74 Å². The zero-order chi connectivity index (χ0) is 11.2. The van der Waals surface area contributed by atoms with E-state index in [0.717, 1.165) is 5.75 Å². The predicted molar refractivity (Wildman–Crippen MR) is 66.8 cm³/mol. The number of ether oxygens (including phenoxy) is 1. The lowest BCUT2D eigenvalue weighted by atomic mass is 10.0. The van der Waals surface area contributed by atoms with Crippen molar-refractivity contribution in [2.45, 2.75) is 12.8 Å². The Balaban J connectivity index is 1.92. The lowest BCUT2D eigenvalue weighted by molar-refractivity contribution is 0.296. The van der Waals surface area contributed by atoms with Gasteiger partial charge in [0.1, 0.15) is 5.75 Å². The van der Waals surface area contributed by atoms with Crippen molar-refractivity contribution in [2.75, 3.05) is 6.61 Å². The maximum Gasteiger partial charge on any atom is 0.119 e. The fraction of sp³-hybridized carbons (Fsp3) is 0.200. The van der Waals surface area contributed by atoms with Crippen molar-refractivity contribution in [1.82, 2.24) is 0 Å². The topological polar surface area (TPSA) is 9.23 Å². The molecule has 2 aromatic rings. The van der Waals surface area contributed by atoms with Crippen LogP contribution in [0.3, 0.4) is 0 Å². The minimum atomic E-state index is 0.418. The predicted octanol–water partition coefficient (Wildman–Crippen LogP) is 3.87. The minimum absolute atomic E-state index is 0.418. The van der Waals surface area contributed by atoms with Crippen LogP contribution in [0.5, 0.6) is 5.75 Å². The highest BCUT2D eigenvalue weighted by Gasteiger charge is 2.05. The molecule has 82 valence electrons. The molecule has 0 radical (unpaired) electrons. The van der Waals surface area contributed by atoms with Gasteiger partial charge in [-0.05, 0) is 17.7 Å². The Kier molecular flexibility index (Phi) is 3.60. The molecule has 0 aromatic heterocycles. The number of hydrogen-bond donors (Lipinski definition) is 0. The van der Waals surface area contributed by atoms with Gasteiger partial charge in [-0.25, -0.2) is 0 Å². The fourth-order valence-corrected chi connectivity index (χ4v) is 1.62. The Hall–Kier alpha value is -1.76. The van der Waals surface area contributed by atoms with Crippen LogP contribution in [-0.4, -0.2) is 6.61 Å². The molecular formula is C15H16O. The molecule has 1 nitrogen and oxygen atoms in total. The highest BCUT2D eigenvalue weighted by atomic mass is 16.5. The first-order valence-corrected chi connectivity index (χ1v) is 5.59. The van der Waals surface area contributed by atoms with Gasteiger partial charge in [0.15, 0.2) is 0 Å².